The number of nitrogens with zero attached hydrogens (tertiary/aromatic N) is 1. The molecule has 1 saturated heterocycles. The van der Waals surface area contributed by atoms with Crippen LogP contribution in [0.1, 0.15) is 126 Å². The summed E-state index contributed by atoms with van der Waals surface area (Å²) in [6.07, 6.45) is 8.67. The zero-order valence-corrected chi connectivity index (χ0v) is 32.8. The summed E-state index contributed by atoms with van der Waals surface area (Å²) in [6, 6.07) is -2.46. The number of nitrogens with one attached hydrogen (secondary N) is 4. The van der Waals surface area contributed by atoms with Crippen molar-refractivity contribution in [3.05, 3.63) is 0 Å². The Balaban J connectivity index is 1.21. The lowest BCUT2D eigenvalue weighted by atomic mass is 9.83. The zero-order chi connectivity index (χ0) is 37.5. The fourth-order valence-corrected chi connectivity index (χ4v) is 10.5. The van der Waals surface area contributed by atoms with Crippen molar-refractivity contribution in [3.8, 4) is 0 Å². The van der Waals surface area contributed by atoms with E-state index < -0.39 is 72.7 Å². The Morgan fingerprint density at radius 1 is 0.882 bits per heavy atom. The minimum atomic E-state index is -3.56. The van der Waals surface area contributed by atoms with Gasteiger partial charge in [0, 0.05) is 12.6 Å². The third kappa shape index (κ3) is 7.56. The molecule has 5 amide bonds. The Hall–Kier alpha value is -2.70. The van der Waals surface area contributed by atoms with Gasteiger partial charge in [0.25, 0.3) is 5.91 Å². The average Bonchev–Trinajstić information content (AvgIpc) is 3.92. The molecule has 286 valence electrons. The van der Waals surface area contributed by atoms with Crippen molar-refractivity contribution in [2.75, 3.05) is 12.3 Å². The molecule has 1 heterocycles. The first-order chi connectivity index (χ1) is 23.5. The summed E-state index contributed by atoms with van der Waals surface area (Å²) in [5.74, 6) is -1.88. The van der Waals surface area contributed by atoms with Crippen LogP contribution < -0.4 is 21.3 Å². The fourth-order valence-electron chi connectivity index (χ4n) is 8.98. The van der Waals surface area contributed by atoms with Crippen LogP contribution in [0.25, 0.3) is 0 Å². The molecule has 5 saturated carbocycles. The highest BCUT2D eigenvalue weighted by atomic mass is 32.2. The smallest absolute Gasteiger partial charge is 0.315 e. The summed E-state index contributed by atoms with van der Waals surface area (Å²) in [5, 5.41) is 11.8. The van der Waals surface area contributed by atoms with Crippen molar-refractivity contribution < 1.29 is 32.4 Å². The number of fused-ring (bicyclic) bond motifs is 1. The van der Waals surface area contributed by atoms with E-state index in [2.05, 4.69) is 35.1 Å². The van der Waals surface area contributed by atoms with Crippen molar-refractivity contribution in [1.82, 2.24) is 26.2 Å². The van der Waals surface area contributed by atoms with Crippen molar-refractivity contribution in [1.29, 1.82) is 0 Å². The van der Waals surface area contributed by atoms with Crippen LogP contribution in [0.2, 0.25) is 0 Å². The molecule has 0 spiro atoms. The minimum absolute atomic E-state index is 0.0146. The Kier molecular flexibility index (Phi) is 9.48. The first-order valence-corrected chi connectivity index (χ1v) is 21.0. The Labute approximate surface area is 304 Å². The first-order valence-electron chi connectivity index (χ1n) is 19.3. The van der Waals surface area contributed by atoms with Gasteiger partial charge >= 0.3 is 6.03 Å². The van der Waals surface area contributed by atoms with Gasteiger partial charge in [-0.15, -0.1) is 0 Å². The maximum Gasteiger partial charge on any atom is 0.315 e. The van der Waals surface area contributed by atoms with E-state index in [1.807, 2.05) is 20.8 Å². The van der Waals surface area contributed by atoms with Crippen LogP contribution in [0, 0.1) is 34.5 Å². The molecule has 13 heteroatoms. The van der Waals surface area contributed by atoms with E-state index >= 15 is 0 Å². The number of hydrogen-bond acceptors (Lipinski definition) is 7. The van der Waals surface area contributed by atoms with Crippen LogP contribution in [0.3, 0.4) is 0 Å². The third-order valence-corrected chi connectivity index (χ3v) is 15.8. The highest BCUT2D eigenvalue weighted by Gasteiger charge is 2.71. The van der Waals surface area contributed by atoms with Crippen molar-refractivity contribution >= 4 is 39.4 Å². The predicted molar refractivity (Wildman–Crippen MR) is 193 cm³/mol. The number of ketones is 1. The molecule has 51 heavy (non-hydrogen) atoms. The number of carbonyl (C=O) groups is 5. The highest BCUT2D eigenvalue weighted by Crippen LogP contribution is 2.65. The number of hydrogen-bond donors (Lipinski definition) is 4. The molecule has 6 aliphatic rings. The lowest BCUT2D eigenvalue weighted by Crippen LogP contribution is -2.64. The van der Waals surface area contributed by atoms with E-state index in [-0.39, 0.29) is 35.0 Å². The first kappa shape index (κ1) is 38.0. The Bertz CT molecular complexity index is 1560. The van der Waals surface area contributed by atoms with E-state index in [0.29, 0.717) is 31.7 Å². The second-order valence-electron chi connectivity index (χ2n) is 19.6. The standard InChI is InChI=1S/C38H61N5O7S/c1-34(2,3)28(40-33(48)42-37(16-10-9-11-17-37)21-51(49,50)35(4,5)6)32(47)43-20-25-26(36(25,7)8)27(43)30(45)41-38(19-23(38)18-22-12-13-22)29(44)31(46)39-24-14-15-24/h22-28H,9-21H2,1-8H3,(H,39,46)(H,41,45)(H2,40,42,48)/t23?,25?,26?,27-,28+,38?/m0/s1. The lowest BCUT2D eigenvalue weighted by molar-refractivity contribution is -0.146. The van der Waals surface area contributed by atoms with Gasteiger partial charge in [-0.2, -0.15) is 0 Å². The molecule has 6 atom stereocenters. The molecule has 0 radical (unpaired) electrons. The SMILES string of the molecule is CC1(C)C2CN(C(=O)[C@@H](NC(=O)NC3(CS(=O)(=O)C(C)(C)C)CCCCC3)C(C)(C)C)[C@H](C(=O)NC3(C(=O)C(=O)NC4CC4)CC3CC3CC3)C21. The molecule has 0 aromatic rings. The molecular weight excluding hydrogens is 671 g/mol. The van der Waals surface area contributed by atoms with E-state index in [1.165, 1.54) is 0 Å². The van der Waals surface area contributed by atoms with Crippen LogP contribution in [0.4, 0.5) is 4.79 Å². The molecule has 6 fully saturated rings. The lowest BCUT2D eigenvalue weighted by Gasteiger charge is -2.41. The Morgan fingerprint density at radius 3 is 2.06 bits per heavy atom. The number of Topliss-reactive ketones (excluding diaryl/α,β-unsaturated/α-hetero) is 1. The van der Waals surface area contributed by atoms with Crippen LogP contribution in [0.5, 0.6) is 0 Å². The maximum absolute atomic E-state index is 14.6. The summed E-state index contributed by atoms with van der Waals surface area (Å²) >= 11 is 0. The van der Waals surface area contributed by atoms with Crippen LogP contribution in [-0.4, -0.2) is 89.1 Å². The minimum Gasteiger partial charge on any atom is -0.347 e. The fraction of sp³-hybridized carbons (Fsp3) is 0.868. The van der Waals surface area contributed by atoms with Gasteiger partial charge in [-0.1, -0.05) is 66.7 Å². The largest absolute Gasteiger partial charge is 0.347 e. The van der Waals surface area contributed by atoms with E-state index in [1.54, 1.807) is 25.7 Å². The molecule has 1 aliphatic heterocycles. The van der Waals surface area contributed by atoms with Crippen molar-refractivity contribution in [2.45, 2.75) is 160 Å². The maximum atomic E-state index is 14.6. The molecule has 12 nitrogen and oxygen atoms in total. The molecule has 4 N–H and O–H groups in total. The molecule has 5 aliphatic carbocycles. The number of rotatable bonds is 12. The molecule has 0 bridgehead atoms. The number of amides is 5. The molecule has 4 unspecified atom stereocenters. The van der Waals surface area contributed by atoms with Crippen LogP contribution >= 0.6 is 0 Å². The summed E-state index contributed by atoms with van der Waals surface area (Å²) in [4.78, 5) is 71.1. The number of carbonyl (C=O) groups excluding carboxylic acids is 5. The summed E-state index contributed by atoms with van der Waals surface area (Å²) in [5.41, 5.74) is -3.15. The quantitative estimate of drug-likeness (QED) is 0.222. The van der Waals surface area contributed by atoms with Gasteiger partial charge in [0.05, 0.1) is 16.0 Å². The number of urea groups is 1. The van der Waals surface area contributed by atoms with Crippen LogP contribution in [-0.2, 0) is 29.0 Å². The predicted octanol–water partition coefficient (Wildman–Crippen LogP) is 3.62. The van der Waals surface area contributed by atoms with E-state index in [9.17, 15) is 32.4 Å². The highest BCUT2D eigenvalue weighted by molar-refractivity contribution is 7.92. The average molecular weight is 732 g/mol. The van der Waals surface area contributed by atoms with Crippen molar-refractivity contribution in [2.24, 2.45) is 34.5 Å². The van der Waals surface area contributed by atoms with Gasteiger partial charge in [-0.25, -0.2) is 13.2 Å². The van der Waals surface area contributed by atoms with Gasteiger partial charge in [0.15, 0.2) is 9.84 Å². The van der Waals surface area contributed by atoms with Crippen molar-refractivity contribution in [3.63, 3.8) is 0 Å². The molecule has 6 rings (SSSR count). The number of sulfone groups is 1. The van der Waals surface area contributed by atoms with Gasteiger partial charge in [-0.05, 0) is 93.8 Å². The monoisotopic (exact) mass is 731 g/mol. The topological polar surface area (TPSA) is 171 Å². The van der Waals surface area contributed by atoms with Crippen LogP contribution in [0.15, 0.2) is 0 Å². The second kappa shape index (κ2) is 12.7. The normalized spacial score (nSPS) is 31.5. The summed E-state index contributed by atoms with van der Waals surface area (Å²) < 4.78 is 25.7. The Morgan fingerprint density at radius 2 is 1.51 bits per heavy atom. The van der Waals surface area contributed by atoms with E-state index in [4.69, 9.17) is 0 Å². The van der Waals surface area contributed by atoms with Gasteiger partial charge < -0.3 is 26.2 Å². The van der Waals surface area contributed by atoms with Gasteiger partial charge in [0.2, 0.25) is 17.6 Å². The number of piperidine rings is 1. The summed E-state index contributed by atoms with van der Waals surface area (Å²) in [7, 11) is -3.56. The third-order valence-electron chi connectivity index (χ3n) is 13.0. The van der Waals surface area contributed by atoms with Gasteiger partial charge in [0.1, 0.15) is 17.6 Å². The molecule has 0 aromatic heterocycles. The molecule has 0 aromatic carbocycles. The van der Waals surface area contributed by atoms with E-state index in [0.717, 1.165) is 51.4 Å². The zero-order valence-electron chi connectivity index (χ0n) is 31.9. The summed E-state index contributed by atoms with van der Waals surface area (Å²) in [6.45, 7) is 15.1. The van der Waals surface area contributed by atoms with Gasteiger partial charge in [-0.3, -0.25) is 19.2 Å². The number of likely N-dealkylation sites (tertiary alicyclic amines) is 1. The second-order valence-corrected chi connectivity index (χ2v) is 22.4. The molecular formula is C38H61N5O7S.